The van der Waals surface area contributed by atoms with E-state index in [0.29, 0.717) is 45.7 Å². The molecule has 2 aliphatic carbocycles. The number of nitrogens with one attached hydrogen (secondary N) is 1. The van der Waals surface area contributed by atoms with Crippen LogP contribution in [0, 0.1) is 0 Å². The number of likely N-dealkylation sites (N-methyl/N-ethyl adjacent to an activating group) is 2. The second-order valence-corrected chi connectivity index (χ2v) is 21.5. The molecule has 4 aliphatic rings. The van der Waals surface area contributed by atoms with Crippen molar-refractivity contribution in [2.24, 2.45) is 0 Å². The molecule has 2 saturated heterocycles. The van der Waals surface area contributed by atoms with Gasteiger partial charge in [0.05, 0.1) is 17.3 Å². The first-order chi connectivity index (χ1) is 34.0. The molecular formula is C52H66F6N12O2S. The molecule has 0 amide bonds. The fourth-order valence-electron chi connectivity index (χ4n) is 11.0. The molecule has 8 heterocycles. The van der Waals surface area contributed by atoms with E-state index in [1.807, 2.05) is 12.3 Å². The van der Waals surface area contributed by atoms with Gasteiger partial charge in [-0.3, -0.25) is 9.80 Å². The lowest BCUT2D eigenvalue weighted by molar-refractivity contribution is -0.213. The fourth-order valence-corrected chi connectivity index (χ4v) is 12.4. The Bertz CT molecular complexity index is 3040. The number of halogens is 6. The quantitative estimate of drug-likeness (QED) is 0.147. The van der Waals surface area contributed by atoms with Gasteiger partial charge in [-0.2, -0.15) is 19.6 Å². The van der Waals surface area contributed by atoms with Gasteiger partial charge in [-0.1, -0.05) is 33.1 Å². The van der Waals surface area contributed by atoms with E-state index in [2.05, 4.69) is 64.9 Å². The average Bonchev–Trinajstić information content (AvgIpc) is 4.21. The van der Waals surface area contributed by atoms with Crippen molar-refractivity contribution in [3.8, 4) is 22.3 Å². The Balaban J connectivity index is 0.000000195. The topological polar surface area (TPSA) is 129 Å². The standard InChI is InChI=1S/C28H31F3N6O2S.C22H27F3N6.2CH4/c1-34-11-13-35(14-12-34)23-9-7-20(8-10-23)21-15-25-26(22-17-33-37(18-22)28(29,30)31)19-36(27(25)32-16-21)40(38,39)24-5-3-2-4-6-24;1-29-6-8-30(9-7-29)18-4-2-15(3-5-18)16-10-19-20(13-27-21(19)26-11-16)17-12-28-31(14-17)22(23,24)25;;/h2-6,15-20,23H,7-14H2,1H3;10-15,18H,2-9H2,1H3,(H,26,27);2*1H4. The second-order valence-electron chi connectivity index (χ2n) is 19.6. The van der Waals surface area contributed by atoms with Gasteiger partial charge in [0, 0.05) is 135 Å². The first-order valence-electron chi connectivity index (χ1n) is 24.4. The van der Waals surface area contributed by atoms with Crippen LogP contribution in [0.3, 0.4) is 0 Å². The number of hydrogen-bond donors (Lipinski definition) is 1. The number of fused-ring (bicyclic) bond motifs is 2. The highest BCUT2D eigenvalue weighted by Gasteiger charge is 2.35. The summed E-state index contributed by atoms with van der Waals surface area (Å²) < 4.78 is 107. The predicted octanol–water partition coefficient (Wildman–Crippen LogP) is 10.3. The fraction of sp³-hybridized carbons (Fsp3) is 0.500. The Hall–Kier alpha value is -5.61. The summed E-state index contributed by atoms with van der Waals surface area (Å²) in [5.41, 5.74) is 4.65. The first-order valence-corrected chi connectivity index (χ1v) is 25.8. The molecule has 4 fully saturated rings. The lowest BCUT2D eigenvalue weighted by atomic mass is 9.81. The van der Waals surface area contributed by atoms with E-state index in [1.165, 1.54) is 42.9 Å². The van der Waals surface area contributed by atoms with Crippen LogP contribution < -0.4 is 0 Å². The summed E-state index contributed by atoms with van der Waals surface area (Å²) in [5.74, 6) is 0.696. The van der Waals surface area contributed by atoms with Gasteiger partial charge in [-0.25, -0.2) is 22.4 Å². The largest absolute Gasteiger partial charge is 0.504 e. The van der Waals surface area contributed by atoms with Crippen LogP contribution in [0.15, 0.2) is 96.9 Å². The molecule has 0 unspecified atom stereocenters. The minimum absolute atomic E-state index is 0. The third-order valence-electron chi connectivity index (χ3n) is 15.2. The van der Waals surface area contributed by atoms with Crippen molar-refractivity contribution in [1.82, 2.24) is 58.1 Å². The van der Waals surface area contributed by atoms with Crippen LogP contribution in [0.2, 0.25) is 0 Å². The zero-order valence-electron chi connectivity index (χ0n) is 39.7. The third-order valence-corrected chi connectivity index (χ3v) is 16.9. The summed E-state index contributed by atoms with van der Waals surface area (Å²) in [6.07, 6.45) is 10.5. The molecule has 73 heavy (non-hydrogen) atoms. The molecule has 2 aliphatic heterocycles. The minimum atomic E-state index is -4.68. The molecule has 21 heteroatoms. The van der Waals surface area contributed by atoms with E-state index >= 15 is 0 Å². The molecule has 0 atom stereocenters. The molecule has 0 radical (unpaired) electrons. The van der Waals surface area contributed by atoms with Gasteiger partial charge in [-0.15, -0.1) is 26.3 Å². The summed E-state index contributed by atoms with van der Waals surface area (Å²) in [6.45, 7) is 8.91. The molecule has 11 rings (SSSR count). The Labute approximate surface area is 423 Å². The number of aromatic amines is 1. The maximum atomic E-state index is 13.6. The van der Waals surface area contributed by atoms with Gasteiger partial charge in [0.1, 0.15) is 5.65 Å². The average molecular weight is 1040 g/mol. The molecule has 6 aromatic heterocycles. The second kappa shape index (κ2) is 21.7. The van der Waals surface area contributed by atoms with Crippen LogP contribution in [0.1, 0.15) is 89.2 Å². The van der Waals surface area contributed by atoms with Gasteiger partial charge >= 0.3 is 12.6 Å². The van der Waals surface area contributed by atoms with Crippen LogP contribution in [-0.4, -0.2) is 145 Å². The number of hydrogen-bond acceptors (Lipinski definition) is 10. The molecule has 1 aromatic carbocycles. The van der Waals surface area contributed by atoms with Crippen molar-refractivity contribution in [3.05, 3.63) is 103 Å². The van der Waals surface area contributed by atoms with Gasteiger partial charge in [0.15, 0.2) is 5.65 Å². The van der Waals surface area contributed by atoms with E-state index in [1.54, 1.807) is 30.6 Å². The van der Waals surface area contributed by atoms with Gasteiger partial charge in [0.2, 0.25) is 0 Å². The van der Waals surface area contributed by atoms with Gasteiger partial charge < -0.3 is 14.8 Å². The molecule has 7 aromatic rings. The Morgan fingerprint density at radius 1 is 0.575 bits per heavy atom. The third kappa shape index (κ3) is 11.4. The van der Waals surface area contributed by atoms with Crippen molar-refractivity contribution >= 4 is 32.1 Å². The van der Waals surface area contributed by atoms with E-state index in [-0.39, 0.29) is 46.2 Å². The molecule has 2 saturated carbocycles. The van der Waals surface area contributed by atoms with Crippen LogP contribution in [0.5, 0.6) is 0 Å². The van der Waals surface area contributed by atoms with Crippen molar-refractivity contribution in [2.75, 3.05) is 66.5 Å². The van der Waals surface area contributed by atoms with Crippen molar-refractivity contribution in [1.29, 1.82) is 0 Å². The lowest BCUT2D eigenvalue weighted by Crippen LogP contribution is -2.49. The molecule has 394 valence electrons. The van der Waals surface area contributed by atoms with Crippen LogP contribution in [0.25, 0.3) is 44.3 Å². The number of benzene rings is 1. The highest BCUT2D eigenvalue weighted by Crippen LogP contribution is 2.41. The van der Waals surface area contributed by atoms with Crippen LogP contribution in [0.4, 0.5) is 26.3 Å². The number of rotatable bonds is 8. The summed E-state index contributed by atoms with van der Waals surface area (Å²) >= 11 is 0. The number of nitrogens with zero attached hydrogens (tertiary/aromatic N) is 11. The van der Waals surface area contributed by atoms with Crippen LogP contribution >= 0.6 is 0 Å². The predicted molar refractivity (Wildman–Crippen MR) is 271 cm³/mol. The SMILES string of the molecule is C.C.CN1CCN(C2CCC(c3cnc4[nH]cc(-c5cnn(C(F)(F)F)c5)c4c3)CC2)CC1.CN1CCN(C2CCC(c3cnc4c(c3)c(-c3cnn(C(F)(F)F)c3)cn4S(=O)(=O)c3ccccc3)CC2)CC1. The number of alkyl halides is 6. The Morgan fingerprint density at radius 3 is 1.52 bits per heavy atom. The minimum Gasteiger partial charge on any atom is -0.346 e. The molecule has 1 N–H and O–H groups in total. The highest BCUT2D eigenvalue weighted by molar-refractivity contribution is 7.90. The summed E-state index contributed by atoms with van der Waals surface area (Å²) in [6, 6.07) is 13.1. The lowest BCUT2D eigenvalue weighted by Gasteiger charge is -2.41. The van der Waals surface area contributed by atoms with E-state index in [9.17, 15) is 34.8 Å². The number of H-pyrrole nitrogens is 1. The summed E-state index contributed by atoms with van der Waals surface area (Å²) in [5, 5.41) is 8.28. The highest BCUT2D eigenvalue weighted by atomic mass is 32.2. The maximum Gasteiger partial charge on any atom is 0.504 e. The maximum absolute atomic E-state index is 13.6. The van der Waals surface area contributed by atoms with E-state index in [4.69, 9.17) is 0 Å². The molecular weight excluding hydrogens is 971 g/mol. The van der Waals surface area contributed by atoms with E-state index < -0.39 is 22.6 Å². The normalized spacial score (nSPS) is 22.1. The first kappa shape index (κ1) is 53.7. The summed E-state index contributed by atoms with van der Waals surface area (Å²) in [4.78, 5) is 22.2. The Kier molecular flexibility index (Phi) is 16.0. The summed E-state index contributed by atoms with van der Waals surface area (Å²) in [7, 11) is 0.292. The molecule has 0 bridgehead atoms. The van der Waals surface area contributed by atoms with Crippen LogP contribution in [-0.2, 0) is 22.6 Å². The smallest absolute Gasteiger partial charge is 0.346 e. The number of pyridine rings is 2. The van der Waals surface area contributed by atoms with Crippen molar-refractivity contribution < 1.29 is 34.8 Å². The van der Waals surface area contributed by atoms with Gasteiger partial charge in [0.25, 0.3) is 10.0 Å². The zero-order valence-corrected chi connectivity index (χ0v) is 40.5. The number of piperazine rings is 2. The van der Waals surface area contributed by atoms with Crippen molar-refractivity contribution in [3.63, 3.8) is 0 Å². The number of aromatic nitrogens is 8. The van der Waals surface area contributed by atoms with E-state index in [0.717, 1.165) is 124 Å². The Morgan fingerprint density at radius 2 is 1.04 bits per heavy atom. The zero-order chi connectivity index (χ0) is 49.7. The van der Waals surface area contributed by atoms with Gasteiger partial charge in [-0.05, 0) is 113 Å². The molecule has 0 spiro atoms. The monoisotopic (exact) mass is 1040 g/mol. The molecule has 14 nitrogen and oxygen atoms in total. The van der Waals surface area contributed by atoms with Crippen molar-refractivity contribution in [2.45, 2.75) is 108 Å².